The van der Waals surface area contributed by atoms with E-state index < -0.39 is 16.6 Å². The van der Waals surface area contributed by atoms with Crippen molar-refractivity contribution in [3.63, 3.8) is 0 Å². The molecule has 0 aliphatic heterocycles. The van der Waals surface area contributed by atoms with E-state index in [0.717, 1.165) is 13.0 Å². The molecule has 0 fully saturated rings. The van der Waals surface area contributed by atoms with Gasteiger partial charge in [0.2, 0.25) is 0 Å². The third-order valence-corrected chi connectivity index (χ3v) is 15.2. The summed E-state index contributed by atoms with van der Waals surface area (Å²) in [6, 6.07) is 0. The highest BCUT2D eigenvalue weighted by molar-refractivity contribution is 6.74. The summed E-state index contributed by atoms with van der Waals surface area (Å²) in [5.74, 6) is 0. The molecule has 0 saturated heterocycles. The number of unbranched alkanes of at least 4 members (excludes halogenated alkanes) is 2. The standard InChI is InChI=1S/C20H46O2Si2/c1-12-13-14-15-18(22-24(10,11)20(5,6)7)16-17-21-23(8,9)19(2,3)4/h18H,12-17H2,1-11H3/t18-/m0/s1. The molecule has 0 aromatic carbocycles. The van der Waals surface area contributed by atoms with Crippen LogP contribution in [0.2, 0.25) is 36.3 Å². The van der Waals surface area contributed by atoms with Gasteiger partial charge in [0.05, 0.1) is 0 Å². The normalized spacial score (nSPS) is 15.6. The van der Waals surface area contributed by atoms with E-state index in [1.54, 1.807) is 0 Å². The van der Waals surface area contributed by atoms with E-state index >= 15 is 0 Å². The second-order valence-corrected chi connectivity index (χ2v) is 20.0. The molecule has 0 aromatic rings. The van der Waals surface area contributed by atoms with Crippen LogP contribution in [0.1, 0.15) is 80.6 Å². The maximum Gasteiger partial charge on any atom is 0.192 e. The van der Waals surface area contributed by atoms with Crippen LogP contribution >= 0.6 is 0 Å². The minimum atomic E-state index is -1.70. The van der Waals surface area contributed by atoms with Gasteiger partial charge in [0.15, 0.2) is 16.6 Å². The lowest BCUT2D eigenvalue weighted by atomic mass is 10.1. The van der Waals surface area contributed by atoms with Crippen LogP contribution in [0.25, 0.3) is 0 Å². The summed E-state index contributed by atoms with van der Waals surface area (Å²) in [6.45, 7) is 26.5. The summed E-state index contributed by atoms with van der Waals surface area (Å²) in [4.78, 5) is 0. The van der Waals surface area contributed by atoms with Crippen molar-refractivity contribution < 1.29 is 8.85 Å². The highest BCUT2D eigenvalue weighted by Gasteiger charge is 2.40. The first kappa shape index (κ1) is 24.4. The van der Waals surface area contributed by atoms with Crippen molar-refractivity contribution in [2.24, 2.45) is 0 Å². The average Bonchev–Trinajstić information content (AvgIpc) is 2.35. The molecule has 0 rings (SSSR count). The van der Waals surface area contributed by atoms with Crippen molar-refractivity contribution in [1.82, 2.24) is 0 Å². The summed E-state index contributed by atoms with van der Waals surface area (Å²) in [5.41, 5.74) is 0. The lowest BCUT2D eigenvalue weighted by Gasteiger charge is -2.40. The second kappa shape index (κ2) is 9.34. The first-order valence-electron chi connectivity index (χ1n) is 9.96. The average molecular weight is 375 g/mol. The Kier molecular flexibility index (Phi) is 9.47. The molecule has 0 heterocycles. The Morgan fingerprint density at radius 2 is 1.25 bits per heavy atom. The van der Waals surface area contributed by atoms with Gasteiger partial charge in [-0.05, 0) is 49.1 Å². The van der Waals surface area contributed by atoms with E-state index in [1.807, 2.05) is 0 Å². The first-order chi connectivity index (χ1) is 10.6. The molecule has 0 spiro atoms. The molecule has 0 radical (unpaired) electrons. The molecule has 24 heavy (non-hydrogen) atoms. The predicted molar refractivity (Wildman–Crippen MR) is 114 cm³/mol. The molecular formula is C20H46O2Si2. The van der Waals surface area contributed by atoms with E-state index in [2.05, 4.69) is 74.7 Å². The van der Waals surface area contributed by atoms with Gasteiger partial charge in [-0.3, -0.25) is 0 Å². The Balaban J connectivity index is 4.74. The molecule has 0 bridgehead atoms. The van der Waals surface area contributed by atoms with Crippen LogP contribution in [-0.2, 0) is 8.85 Å². The molecule has 0 unspecified atom stereocenters. The van der Waals surface area contributed by atoms with Crippen LogP contribution in [0.15, 0.2) is 0 Å². The lowest BCUT2D eigenvalue weighted by molar-refractivity contribution is 0.131. The molecule has 146 valence electrons. The van der Waals surface area contributed by atoms with E-state index in [1.165, 1.54) is 25.7 Å². The van der Waals surface area contributed by atoms with E-state index in [9.17, 15) is 0 Å². The fourth-order valence-corrected chi connectivity index (χ4v) is 4.62. The van der Waals surface area contributed by atoms with Crippen molar-refractivity contribution in [1.29, 1.82) is 0 Å². The van der Waals surface area contributed by atoms with Gasteiger partial charge < -0.3 is 8.85 Å². The van der Waals surface area contributed by atoms with Gasteiger partial charge in [-0.25, -0.2) is 0 Å². The summed E-state index contributed by atoms with van der Waals surface area (Å²) < 4.78 is 13.1. The minimum Gasteiger partial charge on any atom is -0.417 e. The van der Waals surface area contributed by atoms with Gasteiger partial charge in [-0.2, -0.15) is 0 Å². The van der Waals surface area contributed by atoms with Gasteiger partial charge in [0.25, 0.3) is 0 Å². The molecular weight excluding hydrogens is 328 g/mol. The Bertz CT molecular complexity index is 352. The van der Waals surface area contributed by atoms with Crippen LogP contribution in [0.3, 0.4) is 0 Å². The Morgan fingerprint density at radius 3 is 1.67 bits per heavy atom. The highest BCUT2D eigenvalue weighted by Crippen LogP contribution is 2.39. The third kappa shape index (κ3) is 8.16. The van der Waals surface area contributed by atoms with Gasteiger partial charge in [0, 0.05) is 12.7 Å². The highest BCUT2D eigenvalue weighted by atomic mass is 28.4. The van der Waals surface area contributed by atoms with Gasteiger partial charge in [-0.15, -0.1) is 0 Å². The monoisotopic (exact) mass is 374 g/mol. The number of hydrogen-bond donors (Lipinski definition) is 0. The zero-order chi connectivity index (χ0) is 19.2. The molecule has 4 heteroatoms. The summed E-state index contributed by atoms with van der Waals surface area (Å²) in [7, 11) is -3.35. The smallest absolute Gasteiger partial charge is 0.192 e. The zero-order valence-corrected chi connectivity index (χ0v) is 20.6. The van der Waals surface area contributed by atoms with E-state index in [4.69, 9.17) is 8.85 Å². The Labute approximate surface area is 155 Å². The molecule has 0 aromatic heterocycles. The van der Waals surface area contributed by atoms with Gasteiger partial charge in [0.1, 0.15) is 0 Å². The zero-order valence-electron chi connectivity index (χ0n) is 18.6. The number of hydrogen-bond acceptors (Lipinski definition) is 2. The summed E-state index contributed by atoms with van der Waals surface area (Å²) in [6.07, 6.45) is 6.44. The van der Waals surface area contributed by atoms with Crippen molar-refractivity contribution >= 4 is 16.6 Å². The molecule has 0 saturated carbocycles. The van der Waals surface area contributed by atoms with Crippen molar-refractivity contribution in [3.05, 3.63) is 0 Å². The molecule has 0 aliphatic carbocycles. The van der Waals surface area contributed by atoms with Crippen molar-refractivity contribution in [2.75, 3.05) is 6.61 Å². The SMILES string of the molecule is CCCCC[C@@H](CCO[Si](C)(C)C(C)(C)C)O[Si](C)(C)C(C)(C)C. The fourth-order valence-electron chi connectivity index (χ4n) is 2.14. The molecule has 1 atom stereocenters. The van der Waals surface area contributed by atoms with Gasteiger partial charge >= 0.3 is 0 Å². The fraction of sp³-hybridized carbons (Fsp3) is 1.00. The van der Waals surface area contributed by atoms with E-state index in [0.29, 0.717) is 6.10 Å². The summed E-state index contributed by atoms with van der Waals surface area (Å²) in [5, 5.41) is 0.557. The number of rotatable bonds is 10. The van der Waals surface area contributed by atoms with Crippen LogP contribution < -0.4 is 0 Å². The first-order valence-corrected chi connectivity index (χ1v) is 15.8. The van der Waals surface area contributed by atoms with Crippen molar-refractivity contribution in [2.45, 2.75) is 123 Å². The summed E-state index contributed by atoms with van der Waals surface area (Å²) >= 11 is 0. The Morgan fingerprint density at radius 1 is 0.750 bits per heavy atom. The maximum atomic E-state index is 6.72. The van der Waals surface area contributed by atoms with Crippen LogP contribution in [-0.4, -0.2) is 29.3 Å². The topological polar surface area (TPSA) is 18.5 Å². The molecule has 2 nitrogen and oxygen atoms in total. The van der Waals surface area contributed by atoms with Crippen molar-refractivity contribution in [3.8, 4) is 0 Å². The minimum absolute atomic E-state index is 0.274. The van der Waals surface area contributed by atoms with E-state index in [-0.39, 0.29) is 10.1 Å². The molecule has 0 N–H and O–H groups in total. The largest absolute Gasteiger partial charge is 0.417 e. The van der Waals surface area contributed by atoms with Crippen LogP contribution in [0, 0.1) is 0 Å². The predicted octanol–water partition coefficient (Wildman–Crippen LogP) is 7.37. The van der Waals surface area contributed by atoms with Gasteiger partial charge in [-0.1, -0.05) is 67.7 Å². The van der Waals surface area contributed by atoms with Crippen LogP contribution in [0.5, 0.6) is 0 Å². The maximum absolute atomic E-state index is 6.72. The Hall–Kier alpha value is 0.354. The molecule has 0 amide bonds. The lowest BCUT2D eigenvalue weighted by Crippen LogP contribution is -2.45. The third-order valence-electron chi connectivity index (χ3n) is 6.11. The molecule has 0 aliphatic rings. The van der Waals surface area contributed by atoms with Crippen LogP contribution in [0.4, 0.5) is 0 Å². The quantitative estimate of drug-likeness (QED) is 0.293. The second-order valence-electron chi connectivity index (χ2n) is 10.4.